The van der Waals surface area contributed by atoms with Crippen LogP contribution in [-0.4, -0.2) is 16.6 Å². The lowest BCUT2D eigenvalue weighted by atomic mass is 10.0. The van der Waals surface area contributed by atoms with E-state index in [9.17, 15) is 4.79 Å². The molecule has 1 amide bonds. The average Bonchev–Trinajstić information content (AvgIpc) is 2.86. The summed E-state index contributed by atoms with van der Waals surface area (Å²) in [5.41, 5.74) is 7.27. The monoisotopic (exact) mass is 349 g/mol. The third-order valence-electron chi connectivity index (χ3n) is 3.12. The second-order valence-electron chi connectivity index (χ2n) is 4.49. The van der Waals surface area contributed by atoms with Crippen molar-refractivity contribution < 1.29 is 4.79 Å². The van der Waals surface area contributed by atoms with Crippen LogP contribution in [-0.2, 0) is 4.79 Å². The molecule has 1 aromatic carbocycles. The number of hydrogen-bond donors (Lipinski definition) is 2. The van der Waals surface area contributed by atoms with E-state index >= 15 is 0 Å². The lowest BCUT2D eigenvalue weighted by Gasteiger charge is -2.12. The van der Waals surface area contributed by atoms with Gasteiger partial charge in [0.15, 0.2) is 0 Å². The van der Waals surface area contributed by atoms with Crippen molar-refractivity contribution >= 4 is 45.1 Å². The van der Waals surface area contributed by atoms with Crippen LogP contribution in [0.2, 0.25) is 0 Å². The van der Waals surface area contributed by atoms with E-state index in [2.05, 4.69) is 26.2 Å². The van der Waals surface area contributed by atoms with Gasteiger partial charge in [-0.1, -0.05) is 18.2 Å². The van der Waals surface area contributed by atoms with Crippen molar-refractivity contribution in [3.05, 3.63) is 46.6 Å². The van der Waals surface area contributed by atoms with E-state index in [1.165, 1.54) is 11.1 Å². The summed E-state index contributed by atoms with van der Waals surface area (Å²) >= 11 is 5.06. The number of nitrogens with zero attached hydrogens (tertiary/aromatic N) is 1. The molecule has 0 bridgehead atoms. The highest BCUT2D eigenvalue weighted by atomic mass is 79.9. The van der Waals surface area contributed by atoms with Crippen LogP contribution >= 0.6 is 27.7 Å². The molecule has 0 saturated heterocycles. The number of nitrogen functional groups attached to an aromatic ring is 1. The first kappa shape index (κ1) is 13.5. The summed E-state index contributed by atoms with van der Waals surface area (Å²) in [6, 6.07) is 9.72. The summed E-state index contributed by atoms with van der Waals surface area (Å²) in [7, 11) is 0. The highest BCUT2D eigenvalue weighted by Crippen LogP contribution is 2.39. The van der Waals surface area contributed by atoms with Gasteiger partial charge >= 0.3 is 0 Å². The van der Waals surface area contributed by atoms with Crippen LogP contribution in [0.15, 0.2) is 45.9 Å². The normalized spacial score (nSPS) is 16.8. The Kier molecular flexibility index (Phi) is 3.67. The van der Waals surface area contributed by atoms with Gasteiger partial charge in [0.2, 0.25) is 5.91 Å². The van der Waals surface area contributed by atoms with Crippen molar-refractivity contribution in [3.63, 3.8) is 0 Å². The molecule has 20 heavy (non-hydrogen) atoms. The Labute approximate surface area is 129 Å². The second kappa shape index (κ2) is 5.46. The van der Waals surface area contributed by atoms with Crippen LogP contribution < -0.4 is 11.1 Å². The van der Waals surface area contributed by atoms with E-state index in [0.29, 0.717) is 16.0 Å². The molecule has 2 heterocycles. The predicted octanol–water partition coefficient (Wildman–Crippen LogP) is 3.25. The second-order valence-corrected chi connectivity index (χ2v) is 6.41. The van der Waals surface area contributed by atoms with Gasteiger partial charge in [0.25, 0.3) is 0 Å². The number of aromatic nitrogens is 1. The number of nitrogens with one attached hydrogen (secondary N) is 1. The third kappa shape index (κ3) is 2.53. The third-order valence-corrected chi connectivity index (χ3v) is 4.91. The Hall–Kier alpha value is -1.53. The predicted molar refractivity (Wildman–Crippen MR) is 84.9 cm³/mol. The van der Waals surface area contributed by atoms with Crippen molar-refractivity contribution in [2.45, 2.75) is 10.8 Å². The number of fused-ring (bicyclic) bond motifs is 1. The number of halogens is 1. The van der Waals surface area contributed by atoms with Gasteiger partial charge in [-0.05, 0) is 33.6 Å². The van der Waals surface area contributed by atoms with Crippen molar-refractivity contribution in [1.29, 1.82) is 0 Å². The molecule has 6 heteroatoms. The number of amides is 1. The summed E-state index contributed by atoms with van der Waals surface area (Å²) in [6.07, 6.45) is 1.53. The molecule has 2 aromatic rings. The molecule has 4 nitrogen and oxygen atoms in total. The molecular weight excluding hydrogens is 338 g/mol. The van der Waals surface area contributed by atoms with Gasteiger partial charge in [-0.15, -0.1) is 11.8 Å². The standard InChI is InChI=1S/C14H12BrN3OS/c15-11-5-8(16)6-17-13(11)18-14(19)10-7-20-12-4-2-1-3-9(10)12/h1-6,10H,7,16H2,(H,17,18,19). The highest BCUT2D eigenvalue weighted by Gasteiger charge is 2.29. The van der Waals surface area contributed by atoms with Gasteiger partial charge in [0.05, 0.1) is 22.3 Å². The molecule has 3 rings (SSSR count). The summed E-state index contributed by atoms with van der Waals surface area (Å²) < 4.78 is 0.685. The van der Waals surface area contributed by atoms with Gasteiger partial charge in [0.1, 0.15) is 5.82 Å². The Balaban J connectivity index is 1.81. The molecule has 0 saturated carbocycles. The molecule has 1 atom stereocenters. The molecule has 1 aliphatic heterocycles. The summed E-state index contributed by atoms with van der Waals surface area (Å²) in [5, 5.41) is 2.85. The van der Waals surface area contributed by atoms with Gasteiger partial charge in [0, 0.05) is 10.6 Å². The number of nitrogens with two attached hydrogens (primary N) is 1. The Morgan fingerprint density at radius 1 is 1.45 bits per heavy atom. The van der Waals surface area contributed by atoms with Crippen LogP contribution in [0.25, 0.3) is 0 Å². The Bertz CT molecular complexity index is 677. The Morgan fingerprint density at radius 3 is 3.05 bits per heavy atom. The summed E-state index contributed by atoms with van der Waals surface area (Å²) in [5.74, 6) is 1.08. The van der Waals surface area contributed by atoms with Crippen LogP contribution in [0.4, 0.5) is 11.5 Å². The molecule has 102 valence electrons. The summed E-state index contributed by atoms with van der Waals surface area (Å²) in [4.78, 5) is 17.7. The average molecular weight is 350 g/mol. The van der Waals surface area contributed by atoms with Crippen LogP contribution in [0.3, 0.4) is 0 Å². The number of pyridine rings is 1. The minimum atomic E-state index is -0.137. The first-order valence-electron chi connectivity index (χ1n) is 6.09. The molecule has 0 spiro atoms. The maximum absolute atomic E-state index is 12.4. The van der Waals surface area contributed by atoms with E-state index in [0.717, 1.165) is 11.3 Å². The molecule has 1 aliphatic rings. The zero-order chi connectivity index (χ0) is 14.1. The number of rotatable bonds is 2. The minimum Gasteiger partial charge on any atom is -0.397 e. The van der Waals surface area contributed by atoms with E-state index in [1.54, 1.807) is 17.8 Å². The Morgan fingerprint density at radius 2 is 2.25 bits per heavy atom. The molecule has 1 aromatic heterocycles. The molecule has 0 aliphatic carbocycles. The van der Waals surface area contributed by atoms with Gasteiger partial charge in [-0.25, -0.2) is 4.98 Å². The first-order chi connectivity index (χ1) is 9.65. The van der Waals surface area contributed by atoms with Crippen molar-refractivity contribution in [2.75, 3.05) is 16.8 Å². The van der Waals surface area contributed by atoms with Crippen molar-refractivity contribution in [1.82, 2.24) is 4.98 Å². The topological polar surface area (TPSA) is 68.0 Å². The molecule has 1 unspecified atom stereocenters. The lowest BCUT2D eigenvalue weighted by Crippen LogP contribution is -2.21. The number of benzene rings is 1. The quantitative estimate of drug-likeness (QED) is 0.873. The molecule has 0 fully saturated rings. The number of carbonyl (C=O) groups is 1. The van der Waals surface area contributed by atoms with Crippen LogP contribution in [0, 0.1) is 0 Å². The largest absolute Gasteiger partial charge is 0.397 e. The fourth-order valence-electron chi connectivity index (χ4n) is 2.13. The smallest absolute Gasteiger partial charge is 0.233 e. The van der Waals surface area contributed by atoms with E-state index in [4.69, 9.17) is 5.73 Å². The number of anilines is 2. The first-order valence-corrected chi connectivity index (χ1v) is 7.86. The van der Waals surface area contributed by atoms with Crippen molar-refractivity contribution in [3.8, 4) is 0 Å². The lowest BCUT2D eigenvalue weighted by molar-refractivity contribution is -0.117. The fourth-order valence-corrected chi connectivity index (χ4v) is 3.82. The van der Waals surface area contributed by atoms with Gasteiger partial charge in [-0.3, -0.25) is 4.79 Å². The zero-order valence-electron chi connectivity index (χ0n) is 10.5. The minimum absolute atomic E-state index is 0.0413. The van der Waals surface area contributed by atoms with E-state index in [-0.39, 0.29) is 11.8 Å². The van der Waals surface area contributed by atoms with Crippen LogP contribution in [0.1, 0.15) is 11.5 Å². The molecule has 0 radical (unpaired) electrons. The highest BCUT2D eigenvalue weighted by molar-refractivity contribution is 9.10. The maximum atomic E-state index is 12.4. The van der Waals surface area contributed by atoms with E-state index < -0.39 is 0 Å². The fraction of sp³-hybridized carbons (Fsp3) is 0.143. The summed E-state index contributed by atoms with van der Waals surface area (Å²) in [6.45, 7) is 0. The maximum Gasteiger partial charge on any atom is 0.233 e. The zero-order valence-corrected chi connectivity index (χ0v) is 12.9. The number of thioether (sulfide) groups is 1. The molecule has 3 N–H and O–H groups in total. The van der Waals surface area contributed by atoms with Crippen LogP contribution in [0.5, 0.6) is 0 Å². The van der Waals surface area contributed by atoms with Gasteiger partial charge in [-0.2, -0.15) is 0 Å². The SMILES string of the molecule is Nc1cnc(NC(=O)C2CSc3ccccc32)c(Br)c1. The van der Waals surface area contributed by atoms with Crippen molar-refractivity contribution in [2.24, 2.45) is 0 Å². The number of carbonyl (C=O) groups excluding carboxylic acids is 1. The van der Waals surface area contributed by atoms with E-state index in [1.807, 2.05) is 24.3 Å². The molecular formula is C14H12BrN3OS. The van der Waals surface area contributed by atoms with Gasteiger partial charge < -0.3 is 11.1 Å². The number of hydrogen-bond acceptors (Lipinski definition) is 4.